The molecule has 0 bridgehead atoms. The maximum absolute atomic E-state index is 12.7. The van der Waals surface area contributed by atoms with Crippen LogP contribution >= 0.6 is 0 Å². The zero-order chi connectivity index (χ0) is 19.4. The number of nitro groups is 1. The van der Waals surface area contributed by atoms with Gasteiger partial charge in [-0.25, -0.2) is 4.98 Å². The van der Waals surface area contributed by atoms with E-state index in [0.29, 0.717) is 24.9 Å². The summed E-state index contributed by atoms with van der Waals surface area (Å²) >= 11 is 0. The molecule has 0 aliphatic rings. The van der Waals surface area contributed by atoms with E-state index in [0.717, 1.165) is 0 Å². The van der Waals surface area contributed by atoms with Crippen molar-refractivity contribution in [2.75, 3.05) is 13.1 Å². The number of benzene rings is 1. The number of rotatable bonds is 7. The molecule has 1 aromatic carbocycles. The zero-order valence-electron chi connectivity index (χ0n) is 15.5. The highest BCUT2D eigenvalue weighted by Gasteiger charge is 2.18. The Kier molecular flexibility index (Phi) is 6.07. The van der Waals surface area contributed by atoms with Gasteiger partial charge in [-0.3, -0.25) is 24.3 Å². The van der Waals surface area contributed by atoms with E-state index in [1.807, 2.05) is 27.7 Å². The number of nitrogens with zero attached hydrogens (tertiary/aromatic N) is 4. The largest absolute Gasteiger partial charge is 0.341 e. The van der Waals surface area contributed by atoms with E-state index in [-0.39, 0.29) is 34.6 Å². The van der Waals surface area contributed by atoms with Crippen LogP contribution in [-0.4, -0.2) is 38.4 Å². The number of carbonyl (C=O) groups is 1. The highest BCUT2D eigenvalue weighted by Crippen LogP contribution is 2.16. The molecule has 1 heterocycles. The summed E-state index contributed by atoms with van der Waals surface area (Å²) < 4.78 is 1.25. The molecule has 0 fully saturated rings. The average Bonchev–Trinajstić information content (AvgIpc) is 2.55. The van der Waals surface area contributed by atoms with Gasteiger partial charge in [0, 0.05) is 25.2 Å². The monoisotopic (exact) mass is 360 g/mol. The van der Waals surface area contributed by atoms with E-state index in [9.17, 15) is 19.7 Å². The summed E-state index contributed by atoms with van der Waals surface area (Å²) in [5, 5.41) is 11.1. The van der Waals surface area contributed by atoms with E-state index in [1.165, 1.54) is 29.1 Å². The number of non-ortho nitro benzene ring substituents is 1. The van der Waals surface area contributed by atoms with E-state index >= 15 is 0 Å². The fourth-order valence-corrected chi connectivity index (χ4v) is 2.78. The van der Waals surface area contributed by atoms with Crippen LogP contribution in [0.15, 0.2) is 29.3 Å². The molecule has 0 saturated carbocycles. The molecule has 1 aromatic heterocycles. The van der Waals surface area contributed by atoms with Crippen molar-refractivity contribution < 1.29 is 9.72 Å². The van der Waals surface area contributed by atoms with E-state index in [1.54, 1.807) is 4.90 Å². The van der Waals surface area contributed by atoms with Crippen LogP contribution < -0.4 is 5.56 Å². The van der Waals surface area contributed by atoms with Crippen molar-refractivity contribution in [3.63, 3.8) is 0 Å². The molecule has 0 spiro atoms. The van der Waals surface area contributed by atoms with Gasteiger partial charge in [-0.1, -0.05) is 27.7 Å². The maximum Gasteiger partial charge on any atom is 0.271 e. The molecule has 0 N–H and O–H groups in total. The van der Waals surface area contributed by atoms with Crippen LogP contribution in [0.5, 0.6) is 0 Å². The van der Waals surface area contributed by atoms with Crippen molar-refractivity contribution in [3.8, 4) is 0 Å². The minimum Gasteiger partial charge on any atom is -0.341 e. The highest BCUT2D eigenvalue weighted by atomic mass is 16.6. The van der Waals surface area contributed by atoms with Crippen LogP contribution in [-0.2, 0) is 11.3 Å². The molecule has 8 nitrogen and oxygen atoms in total. The minimum absolute atomic E-state index is 0.0990. The average molecular weight is 360 g/mol. The third kappa shape index (κ3) is 4.65. The number of carbonyl (C=O) groups excluding carboxylic acids is 1. The van der Waals surface area contributed by atoms with Gasteiger partial charge >= 0.3 is 0 Å². The van der Waals surface area contributed by atoms with Gasteiger partial charge in [-0.15, -0.1) is 0 Å². The highest BCUT2D eigenvalue weighted by molar-refractivity contribution is 5.80. The Morgan fingerprint density at radius 1 is 1.23 bits per heavy atom. The van der Waals surface area contributed by atoms with Gasteiger partial charge in [-0.2, -0.15) is 0 Å². The van der Waals surface area contributed by atoms with Crippen LogP contribution in [0.2, 0.25) is 0 Å². The third-order valence-corrected chi connectivity index (χ3v) is 3.85. The van der Waals surface area contributed by atoms with Crippen molar-refractivity contribution in [3.05, 3.63) is 45.0 Å². The van der Waals surface area contributed by atoms with Gasteiger partial charge in [0.25, 0.3) is 11.2 Å². The number of amides is 1. The Balaban J connectivity index is 2.30. The summed E-state index contributed by atoms with van der Waals surface area (Å²) in [6, 6.07) is 3.90. The van der Waals surface area contributed by atoms with Gasteiger partial charge < -0.3 is 4.90 Å². The number of fused-ring (bicyclic) bond motifs is 1. The first-order valence-electron chi connectivity index (χ1n) is 8.60. The first-order chi connectivity index (χ1) is 12.2. The molecule has 0 aliphatic heterocycles. The van der Waals surface area contributed by atoms with Crippen molar-refractivity contribution in [1.82, 2.24) is 14.5 Å². The molecule has 1 amide bonds. The number of nitro benzene ring substituents is 1. The summed E-state index contributed by atoms with van der Waals surface area (Å²) in [4.78, 5) is 41.4. The molecule has 8 heteroatoms. The Hall–Kier alpha value is -2.77. The van der Waals surface area contributed by atoms with Crippen LogP contribution in [0.25, 0.3) is 10.9 Å². The zero-order valence-corrected chi connectivity index (χ0v) is 15.5. The van der Waals surface area contributed by atoms with Crippen molar-refractivity contribution in [2.24, 2.45) is 11.8 Å². The molecular formula is C18H24N4O4. The van der Waals surface area contributed by atoms with Crippen LogP contribution in [0.1, 0.15) is 27.7 Å². The summed E-state index contributed by atoms with van der Waals surface area (Å²) in [7, 11) is 0. The first-order valence-corrected chi connectivity index (χ1v) is 8.60. The third-order valence-electron chi connectivity index (χ3n) is 3.85. The molecule has 0 unspecified atom stereocenters. The summed E-state index contributed by atoms with van der Waals surface area (Å²) in [5.41, 5.74) is -0.264. The number of aromatic nitrogens is 2. The van der Waals surface area contributed by atoms with Crippen molar-refractivity contribution in [2.45, 2.75) is 34.2 Å². The number of hydrogen-bond donors (Lipinski definition) is 0. The maximum atomic E-state index is 12.7. The fourth-order valence-electron chi connectivity index (χ4n) is 2.78. The predicted molar refractivity (Wildman–Crippen MR) is 98.9 cm³/mol. The molecule has 2 rings (SSSR count). The second-order valence-corrected chi connectivity index (χ2v) is 7.22. The minimum atomic E-state index is -0.536. The van der Waals surface area contributed by atoms with Crippen molar-refractivity contribution in [1.29, 1.82) is 0 Å². The molecule has 0 atom stereocenters. The molecular weight excluding hydrogens is 336 g/mol. The molecule has 2 aromatic rings. The summed E-state index contributed by atoms with van der Waals surface area (Å²) in [6.45, 7) is 9.30. The Labute approximate surface area is 151 Å². The SMILES string of the molecule is CC(C)CN(CC(C)C)C(=O)Cn1cnc2cc([N+](=O)[O-])ccc2c1=O. The van der Waals surface area contributed by atoms with Gasteiger partial charge in [0.1, 0.15) is 6.54 Å². The second kappa shape index (κ2) is 8.07. The topological polar surface area (TPSA) is 98.3 Å². The van der Waals surface area contributed by atoms with Gasteiger partial charge in [0.05, 0.1) is 22.2 Å². The van der Waals surface area contributed by atoms with Crippen LogP contribution in [0.3, 0.4) is 0 Å². The Bertz CT molecular complexity index is 863. The van der Waals surface area contributed by atoms with E-state index in [4.69, 9.17) is 0 Å². The lowest BCUT2D eigenvalue weighted by Crippen LogP contribution is -2.40. The lowest BCUT2D eigenvalue weighted by atomic mass is 10.1. The van der Waals surface area contributed by atoms with Gasteiger partial charge in [0.15, 0.2) is 0 Å². The van der Waals surface area contributed by atoms with Crippen LogP contribution in [0, 0.1) is 22.0 Å². The second-order valence-electron chi connectivity index (χ2n) is 7.22. The predicted octanol–water partition coefficient (Wildman–Crippen LogP) is 2.45. The van der Waals surface area contributed by atoms with E-state index < -0.39 is 4.92 Å². The van der Waals surface area contributed by atoms with Gasteiger partial charge in [-0.05, 0) is 17.9 Å². The fraction of sp³-hybridized carbons (Fsp3) is 0.500. The Morgan fingerprint density at radius 2 is 1.85 bits per heavy atom. The lowest BCUT2D eigenvalue weighted by molar-refractivity contribution is -0.384. The molecule has 140 valence electrons. The molecule has 0 radical (unpaired) electrons. The molecule has 0 aliphatic carbocycles. The molecule has 26 heavy (non-hydrogen) atoms. The van der Waals surface area contributed by atoms with Crippen LogP contribution in [0.4, 0.5) is 5.69 Å². The van der Waals surface area contributed by atoms with Gasteiger partial charge in [0.2, 0.25) is 5.91 Å². The van der Waals surface area contributed by atoms with Crippen molar-refractivity contribution >= 4 is 22.5 Å². The normalized spacial score (nSPS) is 11.3. The quantitative estimate of drug-likeness (QED) is 0.558. The summed E-state index contributed by atoms with van der Waals surface area (Å²) in [5.74, 6) is 0.506. The summed E-state index contributed by atoms with van der Waals surface area (Å²) in [6.07, 6.45) is 1.27. The Morgan fingerprint density at radius 3 is 2.38 bits per heavy atom. The first kappa shape index (κ1) is 19.6. The lowest BCUT2D eigenvalue weighted by Gasteiger charge is -2.26. The standard InChI is InChI=1S/C18H24N4O4/c1-12(2)8-20(9-13(3)4)17(23)10-21-11-19-16-7-14(22(25)26)5-6-15(16)18(21)24/h5-7,11-13H,8-10H2,1-4H3. The number of hydrogen-bond acceptors (Lipinski definition) is 5. The molecule has 0 saturated heterocycles. The smallest absolute Gasteiger partial charge is 0.271 e. The van der Waals surface area contributed by atoms with E-state index in [2.05, 4.69) is 4.98 Å².